The molecule has 1 aliphatic heterocycles. The van der Waals surface area contributed by atoms with Crippen molar-refractivity contribution in [1.82, 2.24) is 10.3 Å². The molecule has 0 bridgehead atoms. The van der Waals surface area contributed by atoms with Crippen LogP contribution in [0.5, 0.6) is 0 Å². The quantitative estimate of drug-likeness (QED) is 0.679. The lowest BCUT2D eigenvalue weighted by Crippen LogP contribution is -2.20. The van der Waals surface area contributed by atoms with Crippen molar-refractivity contribution < 1.29 is 0 Å². The summed E-state index contributed by atoms with van der Waals surface area (Å²) >= 11 is 0. The lowest BCUT2D eigenvalue weighted by Gasteiger charge is -2.10. The molecule has 2 heterocycles. The van der Waals surface area contributed by atoms with E-state index in [1.165, 1.54) is 29.8 Å². The van der Waals surface area contributed by atoms with Crippen molar-refractivity contribution >= 4 is 0 Å². The van der Waals surface area contributed by atoms with Gasteiger partial charge < -0.3 is 10.3 Å². The zero-order valence-electron chi connectivity index (χ0n) is 8.65. The topological polar surface area (TPSA) is 27.8 Å². The molecule has 0 radical (unpaired) electrons. The largest absolute Gasteiger partial charge is 0.362 e. The molecule has 1 saturated heterocycles. The molecule has 0 saturated carbocycles. The van der Waals surface area contributed by atoms with Gasteiger partial charge in [-0.2, -0.15) is 0 Å². The van der Waals surface area contributed by atoms with Crippen molar-refractivity contribution in [3.63, 3.8) is 0 Å². The molecular weight excluding hydrogens is 160 g/mol. The van der Waals surface area contributed by atoms with Crippen molar-refractivity contribution in [2.75, 3.05) is 0 Å². The summed E-state index contributed by atoms with van der Waals surface area (Å²) in [5.41, 5.74) is 4.06. The van der Waals surface area contributed by atoms with E-state index in [-0.39, 0.29) is 0 Å². The number of hydrogen-bond acceptors (Lipinski definition) is 1. The maximum Gasteiger partial charge on any atom is 0.0340 e. The van der Waals surface area contributed by atoms with E-state index < -0.39 is 0 Å². The highest BCUT2D eigenvalue weighted by Gasteiger charge is 2.23. The number of aromatic nitrogens is 1. The average Bonchev–Trinajstić information content (AvgIpc) is 2.58. The number of nitrogens with one attached hydrogen (secondary N) is 2. The molecule has 2 N–H and O–H groups in total. The highest BCUT2D eigenvalue weighted by atomic mass is 15.0. The second-order valence-corrected chi connectivity index (χ2v) is 4.23. The Morgan fingerprint density at radius 2 is 2.08 bits per heavy atom. The first-order valence-electron chi connectivity index (χ1n) is 5.09. The summed E-state index contributed by atoms with van der Waals surface area (Å²) in [6.07, 6.45) is 2.58. The maximum absolute atomic E-state index is 3.60. The third kappa shape index (κ3) is 1.63. The summed E-state index contributed by atoms with van der Waals surface area (Å²) in [5, 5.41) is 3.60. The van der Waals surface area contributed by atoms with E-state index in [9.17, 15) is 0 Å². The minimum Gasteiger partial charge on any atom is -0.362 e. The van der Waals surface area contributed by atoms with E-state index in [0.717, 1.165) is 0 Å². The molecule has 0 spiro atoms. The first-order chi connectivity index (χ1) is 6.16. The Morgan fingerprint density at radius 1 is 1.31 bits per heavy atom. The molecule has 0 aromatic carbocycles. The van der Waals surface area contributed by atoms with Gasteiger partial charge in [0, 0.05) is 23.5 Å². The summed E-state index contributed by atoms with van der Waals surface area (Å²) in [6, 6.07) is 3.53. The van der Waals surface area contributed by atoms with Gasteiger partial charge in [0.2, 0.25) is 0 Å². The number of hydrogen-bond donors (Lipinski definition) is 2. The van der Waals surface area contributed by atoms with E-state index in [1.54, 1.807) is 0 Å². The van der Waals surface area contributed by atoms with E-state index in [2.05, 4.69) is 37.1 Å². The number of rotatable bonds is 1. The molecule has 1 aromatic heterocycles. The molecule has 1 fully saturated rings. The van der Waals surface area contributed by atoms with Crippen LogP contribution in [0.4, 0.5) is 0 Å². The second kappa shape index (κ2) is 3.18. The molecule has 2 unspecified atom stereocenters. The summed E-state index contributed by atoms with van der Waals surface area (Å²) in [7, 11) is 0. The van der Waals surface area contributed by atoms with E-state index >= 15 is 0 Å². The van der Waals surface area contributed by atoms with Crippen molar-refractivity contribution in [3.8, 4) is 0 Å². The molecule has 2 nitrogen and oxygen atoms in total. The minimum atomic E-state index is 0.583. The number of aryl methyl sites for hydroxylation is 2. The molecule has 1 aliphatic rings. The van der Waals surface area contributed by atoms with Gasteiger partial charge in [0.05, 0.1) is 0 Å². The third-order valence-electron chi connectivity index (χ3n) is 2.94. The SMILES string of the molecule is Cc1cc(C2CCC(C)N2)c(C)[nH]1. The number of H-pyrrole nitrogens is 1. The van der Waals surface area contributed by atoms with Crippen LogP contribution in [0.3, 0.4) is 0 Å². The van der Waals surface area contributed by atoms with Crippen molar-refractivity contribution in [3.05, 3.63) is 23.0 Å². The first kappa shape index (κ1) is 8.82. The van der Waals surface area contributed by atoms with Gasteiger partial charge in [-0.1, -0.05) is 0 Å². The summed E-state index contributed by atoms with van der Waals surface area (Å²) in [4.78, 5) is 3.36. The normalized spacial score (nSPS) is 28.2. The van der Waals surface area contributed by atoms with Crippen molar-refractivity contribution in [2.45, 2.75) is 45.7 Å². The molecule has 2 heteroatoms. The van der Waals surface area contributed by atoms with Gasteiger partial charge in [-0.15, -0.1) is 0 Å². The summed E-state index contributed by atoms with van der Waals surface area (Å²) < 4.78 is 0. The molecule has 1 aromatic rings. The Labute approximate surface area is 79.7 Å². The Bertz CT molecular complexity index is 301. The Kier molecular flexibility index (Phi) is 2.16. The van der Waals surface area contributed by atoms with Crippen molar-refractivity contribution in [1.29, 1.82) is 0 Å². The minimum absolute atomic E-state index is 0.583. The fourth-order valence-electron chi connectivity index (χ4n) is 2.28. The Morgan fingerprint density at radius 3 is 2.54 bits per heavy atom. The monoisotopic (exact) mass is 178 g/mol. The standard InChI is InChI=1S/C11H18N2/c1-7-4-5-11(13-7)10-6-8(2)12-9(10)3/h6-7,11-13H,4-5H2,1-3H3. The molecule has 0 amide bonds. The van der Waals surface area contributed by atoms with E-state index in [1.807, 2.05) is 0 Å². The third-order valence-corrected chi connectivity index (χ3v) is 2.94. The maximum atomic E-state index is 3.60. The fraction of sp³-hybridized carbons (Fsp3) is 0.636. The van der Waals surface area contributed by atoms with E-state index in [0.29, 0.717) is 12.1 Å². The zero-order chi connectivity index (χ0) is 9.42. The van der Waals surface area contributed by atoms with Crippen LogP contribution >= 0.6 is 0 Å². The van der Waals surface area contributed by atoms with Crippen LogP contribution in [0.1, 0.15) is 42.8 Å². The fourth-order valence-corrected chi connectivity index (χ4v) is 2.28. The smallest absolute Gasteiger partial charge is 0.0340 e. The molecule has 2 rings (SSSR count). The second-order valence-electron chi connectivity index (χ2n) is 4.23. The zero-order valence-corrected chi connectivity index (χ0v) is 8.65. The van der Waals surface area contributed by atoms with Crippen molar-refractivity contribution in [2.24, 2.45) is 0 Å². The first-order valence-corrected chi connectivity index (χ1v) is 5.09. The number of aromatic amines is 1. The van der Waals surface area contributed by atoms with Crippen LogP contribution in [-0.4, -0.2) is 11.0 Å². The summed E-state index contributed by atoms with van der Waals surface area (Å²) in [5.74, 6) is 0. The predicted molar refractivity (Wildman–Crippen MR) is 54.8 cm³/mol. The van der Waals surface area contributed by atoms with Crippen LogP contribution in [0, 0.1) is 13.8 Å². The van der Waals surface area contributed by atoms with Crippen LogP contribution in [-0.2, 0) is 0 Å². The Hall–Kier alpha value is -0.760. The lowest BCUT2D eigenvalue weighted by atomic mass is 10.1. The summed E-state index contributed by atoms with van der Waals surface area (Å²) in [6.45, 7) is 6.54. The van der Waals surface area contributed by atoms with Crippen LogP contribution in [0.25, 0.3) is 0 Å². The van der Waals surface area contributed by atoms with Crippen LogP contribution < -0.4 is 5.32 Å². The highest BCUT2D eigenvalue weighted by molar-refractivity contribution is 5.28. The molecule has 0 aliphatic carbocycles. The van der Waals surface area contributed by atoms with Crippen LogP contribution in [0.2, 0.25) is 0 Å². The molecule has 72 valence electrons. The molecular formula is C11H18N2. The van der Waals surface area contributed by atoms with Gasteiger partial charge in [-0.05, 0) is 45.2 Å². The highest BCUT2D eigenvalue weighted by Crippen LogP contribution is 2.28. The van der Waals surface area contributed by atoms with Gasteiger partial charge in [-0.25, -0.2) is 0 Å². The van der Waals surface area contributed by atoms with Gasteiger partial charge in [0.1, 0.15) is 0 Å². The van der Waals surface area contributed by atoms with Gasteiger partial charge in [-0.3, -0.25) is 0 Å². The molecule has 2 atom stereocenters. The Balaban J connectivity index is 2.20. The predicted octanol–water partition coefficient (Wildman–Crippen LogP) is 2.44. The van der Waals surface area contributed by atoms with E-state index in [4.69, 9.17) is 0 Å². The van der Waals surface area contributed by atoms with Gasteiger partial charge in [0.15, 0.2) is 0 Å². The van der Waals surface area contributed by atoms with Gasteiger partial charge in [0.25, 0.3) is 0 Å². The van der Waals surface area contributed by atoms with Crippen LogP contribution in [0.15, 0.2) is 6.07 Å². The lowest BCUT2D eigenvalue weighted by molar-refractivity contribution is 0.583. The molecule has 13 heavy (non-hydrogen) atoms. The van der Waals surface area contributed by atoms with Gasteiger partial charge >= 0.3 is 0 Å². The average molecular weight is 178 g/mol.